The topological polar surface area (TPSA) is 90.1 Å². The Labute approximate surface area is 169 Å². The number of amides is 2. The summed E-state index contributed by atoms with van der Waals surface area (Å²) in [6.07, 6.45) is 3.35. The minimum Gasteiger partial charge on any atom is -0.348 e. The van der Waals surface area contributed by atoms with Crippen LogP contribution >= 0.6 is 0 Å². The Balaban J connectivity index is 1.29. The molecule has 2 saturated heterocycles. The average Bonchev–Trinajstić information content (AvgIpc) is 3.25. The Hall–Kier alpha value is -2.74. The molecule has 0 unspecified atom stereocenters. The Morgan fingerprint density at radius 2 is 1.83 bits per heavy atom. The van der Waals surface area contributed by atoms with Crippen molar-refractivity contribution >= 4 is 11.8 Å². The van der Waals surface area contributed by atoms with Crippen LogP contribution in [0, 0.1) is 5.82 Å². The number of hydrogen-bond donors (Lipinski definition) is 3. The van der Waals surface area contributed by atoms with E-state index in [1.54, 1.807) is 17.0 Å². The van der Waals surface area contributed by atoms with Gasteiger partial charge in [0.1, 0.15) is 11.5 Å². The zero-order valence-electron chi connectivity index (χ0n) is 16.3. The number of hydrogen-bond acceptors (Lipinski definition) is 4. The number of benzene rings is 1. The lowest BCUT2D eigenvalue weighted by atomic mass is 9.94. The van der Waals surface area contributed by atoms with Crippen molar-refractivity contribution in [2.45, 2.75) is 37.6 Å². The maximum Gasteiger partial charge on any atom is 0.271 e. The van der Waals surface area contributed by atoms with E-state index >= 15 is 0 Å². The molecule has 1 aromatic heterocycles. The van der Waals surface area contributed by atoms with Gasteiger partial charge in [0.15, 0.2) is 0 Å². The normalized spacial score (nSPS) is 18.6. The average molecular weight is 399 g/mol. The lowest BCUT2D eigenvalue weighted by Gasteiger charge is -2.32. The summed E-state index contributed by atoms with van der Waals surface area (Å²) >= 11 is 0. The molecular formula is C21H26FN5O2. The summed E-state index contributed by atoms with van der Waals surface area (Å²) in [7, 11) is 0. The van der Waals surface area contributed by atoms with Gasteiger partial charge in [-0.15, -0.1) is 0 Å². The molecule has 0 aliphatic carbocycles. The van der Waals surface area contributed by atoms with Crippen LogP contribution in [0.15, 0.2) is 30.3 Å². The van der Waals surface area contributed by atoms with Crippen molar-refractivity contribution in [1.29, 1.82) is 0 Å². The van der Waals surface area contributed by atoms with Crippen LogP contribution in [0.3, 0.4) is 0 Å². The number of carbonyl (C=O) groups excluding carboxylic acids is 2. The van der Waals surface area contributed by atoms with Gasteiger partial charge in [-0.05, 0) is 57.0 Å². The number of nitrogens with zero attached hydrogens (tertiary/aromatic N) is 2. The van der Waals surface area contributed by atoms with Crippen molar-refractivity contribution in [3.05, 3.63) is 53.1 Å². The molecule has 4 rings (SSSR count). The number of aromatic amines is 1. The number of halogens is 1. The van der Waals surface area contributed by atoms with E-state index in [9.17, 15) is 14.0 Å². The van der Waals surface area contributed by atoms with E-state index in [-0.39, 0.29) is 23.4 Å². The molecule has 7 nitrogen and oxygen atoms in total. The van der Waals surface area contributed by atoms with E-state index in [4.69, 9.17) is 0 Å². The van der Waals surface area contributed by atoms with Crippen LogP contribution in [-0.2, 0) is 0 Å². The largest absolute Gasteiger partial charge is 0.348 e. The van der Waals surface area contributed by atoms with Gasteiger partial charge in [-0.2, -0.15) is 5.10 Å². The molecule has 8 heteroatoms. The molecule has 0 bridgehead atoms. The third-order valence-corrected chi connectivity index (χ3v) is 5.83. The molecular weight excluding hydrogens is 373 g/mol. The molecule has 2 aromatic rings. The van der Waals surface area contributed by atoms with Gasteiger partial charge in [0, 0.05) is 30.7 Å². The number of aromatic nitrogens is 2. The van der Waals surface area contributed by atoms with Crippen molar-refractivity contribution in [3.8, 4) is 0 Å². The van der Waals surface area contributed by atoms with E-state index in [1.807, 2.05) is 6.07 Å². The van der Waals surface area contributed by atoms with Gasteiger partial charge in [0.2, 0.25) is 0 Å². The summed E-state index contributed by atoms with van der Waals surface area (Å²) in [5, 5.41) is 13.5. The standard InChI is InChI=1S/C21H26FN5O2/c22-17-4-2-1-3-16(17)21(29)27-11-7-15(8-12-27)24-20(28)19-13-18(25-26-19)14-5-9-23-10-6-14/h1-4,13-15,23H,5-12H2,(H,24,28)(H,25,26). The van der Waals surface area contributed by atoms with Gasteiger partial charge in [-0.3, -0.25) is 14.7 Å². The van der Waals surface area contributed by atoms with Crippen molar-refractivity contribution in [3.63, 3.8) is 0 Å². The fraction of sp³-hybridized carbons (Fsp3) is 0.476. The SMILES string of the molecule is O=C(NC1CCN(C(=O)c2ccccc2F)CC1)c1cc(C2CCNCC2)[nH]n1. The van der Waals surface area contributed by atoms with Crippen LogP contribution in [0.4, 0.5) is 4.39 Å². The molecule has 2 aliphatic rings. The summed E-state index contributed by atoms with van der Waals surface area (Å²) in [4.78, 5) is 26.7. The van der Waals surface area contributed by atoms with Gasteiger partial charge in [0.05, 0.1) is 5.56 Å². The third kappa shape index (κ3) is 4.48. The van der Waals surface area contributed by atoms with Crippen molar-refractivity contribution in [2.24, 2.45) is 0 Å². The highest BCUT2D eigenvalue weighted by Crippen LogP contribution is 2.24. The first-order chi connectivity index (χ1) is 14.1. The Kier molecular flexibility index (Phi) is 5.89. The molecule has 2 fully saturated rings. The van der Waals surface area contributed by atoms with Crippen molar-refractivity contribution < 1.29 is 14.0 Å². The number of rotatable bonds is 4. The van der Waals surface area contributed by atoms with Crippen LogP contribution < -0.4 is 10.6 Å². The van der Waals surface area contributed by atoms with Gasteiger partial charge < -0.3 is 15.5 Å². The Bertz CT molecular complexity index is 869. The maximum absolute atomic E-state index is 13.8. The predicted octanol–water partition coefficient (Wildman–Crippen LogP) is 2.05. The number of H-pyrrole nitrogens is 1. The second-order valence-electron chi connectivity index (χ2n) is 7.75. The molecule has 0 radical (unpaired) electrons. The molecule has 0 atom stereocenters. The molecule has 1 aromatic carbocycles. The molecule has 0 spiro atoms. The smallest absolute Gasteiger partial charge is 0.271 e. The molecule has 2 amide bonds. The van der Waals surface area contributed by atoms with Crippen molar-refractivity contribution in [1.82, 2.24) is 25.7 Å². The van der Waals surface area contributed by atoms with Crippen LogP contribution in [0.1, 0.15) is 58.1 Å². The Morgan fingerprint density at radius 3 is 2.55 bits per heavy atom. The highest BCUT2D eigenvalue weighted by Gasteiger charge is 2.27. The minimum absolute atomic E-state index is 0.0220. The summed E-state index contributed by atoms with van der Waals surface area (Å²) < 4.78 is 13.8. The predicted molar refractivity (Wildman–Crippen MR) is 106 cm³/mol. The van der Waals surface area contributed by atoms with Crippen LogP contribution in [0.2, 0.25) is 0 Å². The first kappa shape index (κ1) is 19.6. The van der Waals surface area contributed by atoms with Crippen LogP contribution in [0.25, 0.3) is 0 Å². The molecule has 154 valence electrons. The molecule has 2 aliphatic heterocycles. The van der Waals surface area contributed by atoms with E-state index in [0.717, 1.165) is 31.6 Å². The molecule has 3 N–H and O–H groups in total. The lowest BCUT2D eigenvalue weighted by Crippen LogP contribution is -2.46. The molecule has 0 saturated carbocycles. The van der Waals surface area contributed by atoms with Crippen LogP contribution in [-0.4, -0.2) is 59.1 Å². The number of piperidine rings is 2. The number of carbonyl (C=O) groups is 2. The fourth-order valence-corrected chi connectivity index (χ4v) is 4.09. The molecule has 3 heterocycles. The van der Waals surface area contributed by atoms with E-state index in [2.05, 4.69) is 20.8 Å². The summed E-state index contributed by atoms with van der Waals surface area (Å²) in [5.74, 6) is -0.582. The van der Waals surface area contributed by atoms with Gasteiger partial charge in [-0.25, -0.2) is 4.39 Å². The first-order valence-electron chi connectivity index (χ1n) is 10.2. The summed E-state index contributed by atoms with van der Waals surface area (Å²) in [5.41, 5.74) is 1.52. The third-order valence-electron chi connectivity index (χ3n) is 5.83. The highest BCUT2D eigenvalue weighted by molar-refractivity contribution is 5.94. The van der Waals surface area contributed by atoms with E-state index in [1.165, 1.54) is 12.1 Å². The van der Waals surface area contributed by atoms with Gasteiger partial charge in [-0.1, -0.05) is 12.1 Å². The first-order valence-corrected chi connectivity index (χ1v) is 10.2. The van der Waals surface area contributed by atoms with E-state index in [0.29, 0.717) is 37.5 Å². The summed E-state index contributed by atoms with van der Waals surface area (Å²) in [6, 6.07) is 7.85. The second-order valence-corrected chi connectivity index (χ2v) is 7.75. The highest BCUT2D eigenvalue weighted by atomic mass is 19.1. The lowest BCUT2D eigenvalue weighted by molar-refractivity contribution is 0.0693. The van der Waals surface area contributed by atoms with Gasteiger partial charge >= 0.3 is 0 Å². The van der Waals surface area contributed by atoms with E-state index < -0.39 is 5.82 Å². The van der Waals surface area contributed by atoms with Crippen LogP contribution in [0.5, 0.6) is 0 Å². The zero-order valence-corrected chi connectivity index (χ0v) is 16.3. The zero-order chi connectivity index (χ0) is 20.2. The molecule has 29 heavy (non-hydrogen) atoms. The monoisotopic (exact) mass is 399 g/mol. The minimum atomic E-state index is -0.504. The Morgan fingerprint density at radius 1 is 1.10 bits per heavy atom. The number of nitrogens with one attached hydrogen (secondary N) is 3. The van der Waals surface area contributed by atoms with Gasteiger partial charge in [0.25, 0.3) is 11.8 Å². The maximum atomic E-state index is 13.8. The fourth-order valence-electron chi connectivity index (χ4n) is 4.09. The second kappa shape index (κ2) is 8.73. The number of likely N-dealkylation sites (tertiary alicyclic amines) is 1. The summed E-state index contributed by atoms with van der Waals surface area (Å²) in [6.45, 7) is 2.93. The quantitative estimate of drug-likeness (QED) is 0.734. The van der Waals surface area contributed by atoms with Crippen molar-refractivity contribution in [2.75, 3.05) is 26.2 Å².